The lowest BCUT2D eigenvalue weighted by Crippen LogP contribution is -2.24. The Labute approximate surface area is 79.9 Å². The first-order chi connectivity index (χ1) is 6.74. The van der Waals surface area contributed by atoms with Gasteiger partial charge in [0.1, 0.15) is 7.11 Å². The van der Waals surface area contributed by atoms with Crippen molar-refractivity contribution in [1.29, 1.82) is 0 Å². The maximum atomic E-state index is 11.4. The molecule has 0 aliphatic heterocycles. The number of para-hydroxylation sites is 1. The van der Waals surface area contributed by atoms with Crippen molar-refractivity contribution in [2.75, 3.05) is 7.11 Å². The van der Waals surface area contributed by atoms with Gasteiger partial charge in [-0.1, -0.05) is 18.2 Å². The average molecular weight is 191 g/mol. The fraction of sp³-hybridized carbons (Fsp3) is 0.100. The first-order valence-corrected chi connectivity index (χ1v) is 4.12. The molecule has 72 valence electrons. The summed E-state index contributed by atoms with van der Waals surface area (Å²) in [5.41, 5.74) is 0.0870. The summed E-state index contributed by atoms with van der Waals surface area (Å²) in [4.78, 5) is 16.3. The summed E-state index contributed by atoms with van der Waals surface area (Å²) in [6, 6.07) is 8.59. The Kier molecular flexibility index (Phi) is 1.89. The Balaban J connectivity index is 2.96. The van der Waals surface area contributed by atoms with Gasteiger partial charge in [0.15, 0.2) is 5.75 Å². The zero-order valence-electron chi connectivity index (χ0n) is 7.60. The largest absolute Gasteiger partial charge is 0.503 e. The molecule has 0 atom stereocenters. The molecule has 0 fully saturated rings. The number of aromatic hydroxyl groups is 1. The standard InChI is InChI=1S/C10H9NO3/c1-14-11-8-5-3-2-4-7(8)6-9(12)10(11)13/h2-6,12H,1H3. The van der Waals surface area contributed by atoms with Crippen LogP contribution in [0.3, 0.4) is 0 Å². The van der Waals surface area contributed by atoms with E-state index in [1.807, 2.05) is 6.07 Å². The minimum absolute atomic E-state index is 0.314. The van der Waals surface area contributed by atoms with E-state index < -0.39 is 5.56 Å². The van der Waals surface area contributed by atoms with Crippen molar-refractivity contribution in [3.05, 3.63) is 40.7 Å². The summed E-state index contributed by atoms with van der Waals surface area (Å²) >= 11 is 0. The van der Waals surface area contributed by atoms with Crippen LogP contribution in [0.4, 0.5) is 0 Å². The van der Waals surface area contributed by atoms with E-state index in [0.29, 0.717) is 5.52 Å². The summed E-state index contributed by atoms with van der Waals surface area (Å²) in [5.74, 6) is -0.314. The molecule has 0 saturated heterocycles. The minimum atomic E-state index is -0.550. The molecule has 1 aromatic heterocycles. The Morgan fingerprint density at radius 2 is 2.07 bits per heavy atom. The zero-order valence-corrected chi connectivity index (χ0v) is 7.60. The number of nitrogens with zero attached hydrogens (tertiary/aromatic N) is 1. The van der Waals surface area contributed by atoms with E-state index in [9.17, 15) is 9.90 Å². The van der Waals surface area contributed by atoms with E-state index in [1.54, 1.807) is 18.2 Å². The highest BCUT2D eigenvalue weighted by atomic mass is 16.6. The van der Waals surface area contributed by atoms with Crippen LogP contribution >= 0.6 is 0 Å². The highest BCUT2D eigenvalue weighted by molar-refractivity contribution is 5.79. The smallest absolute Gasteiger partial charge is 0.325 e. The zero-order chi connectivity index (χ0) is 10.1. The van der Waals surface area contributed by atoms with Gasteiger partial charge in [0.2, 0.25) is 0 Å². The first-order valence-electron chi connectivity index (χ1n) is 4.12. The van der Waals surface area contributed by atoms with Crippen molar-refractivity contribution >= 4 is 10.9 Å². The minimum Gasteiger partial charge on any atom is -0.503 e. The van der Waals surface area contributed by atoms with Gasteiger partial charge in [0, 0.05) is 5.39 Å². The Morgan fingerprint density at radius 3 is 2.79 bits per heavy atom. The molecule has 4 nitrogen and oxygen atoms in total. The third-order valence-electron chi connectivity index (χ3n) is 2.03. The lowest BCUT2D eigenvalue weighted by atomic mass is 10.2. The molecule has 1 heterocycles. The summed E-state index contributed by atoms with van der Waals surface area (Å²) in [5, 5.41) is 10.1. The van der Waals surface area contributed by atoms with Gasteiger partial charge in [-0.05, 0) is 12.1 Å². The second kappa shape index (κ2) is 3.06. The van der Waals surface area contributed by atoms with Crippen molar-refractivity contribution < 1.29 is 9.94 Å². The summed E-state index contributed by atoms with van der Waals surface area (Å²) in [6.45, 7) is 0. The molecule has 0 unspecified atom stereocenters. The lowest BCUT2D eigenvalue weighted by Gasteiger charge is -2.07. The van der Waals surface area contributed by atoms with Crippen LogP contribution in [-0.2, 0) is 0 Å². The molecule has 0 saturated carbocycles. The summed E-state index contributed by atoms with van der Waals surface area (Å²) < 4.78 is 1.06. The molecule has 14 heavy (non-hydrogen) atoms. The number of benzene rings is 1. The predicted octanol–water partition coefficient (Wildman–Crippen LogP) is 0.765. The van der Waals surface area contributed by atoms with E-state index in [4.69, 9.17) is 4.84 Å². The maximum absolute atomic E-state index is 11.4. The molecule has 0 amide bonds. The second-order valence-corrected chi connectivity index (χ2v) is 2.87. The molecule has 1 N–H and O–H groups in total. The monoisotopic (exact) mass is 191 g/mol. The predicted molar refractivity (Wildman–Crippen MR) is 52.4 cm³/mol. The molecule has 0 radical (unpaired) electrons. The van der Waals surface area contributed by atoms with E-state index in [-0.39, 0.29) is 5.75 Å². The Morgan fingerprint density at radius 1 is 1.36 bits per heavy atom. The molecular formula is C10H9NO3. The van der Waals surface area contributed by atoms with Crippen LogP contribution in [0, 0.1) is 0 Å². The molecule has 0 bridgehead atoms. The van der Waals surface area contributed by atoms with E-state index in [0.717, 1.165) is 10.1 Å². The van der Waals surface area contributed by atoms with E-state index >= 15 is 0 Å². The van der Waals surface area contributed by atoms with Crippen LogP contribution < -0.4 is 10.4 Å². The van der Waals surface area contributed by atoms with Crippen LogP contribution in [0.2, 0.25) is 0 Å². The molecule has 2 aromatic rings. The summed E-state index contributed by atoms with van der Waals surface area (Å²) in [6.07, 6.45) is 0. The van der Waals surface area contributed by atoms with Crippen molar-refractivity contribution in [3.8, 4) is 5.75 Å². The third kappa shape index (κ3) is 1.12. The fourth-order valence-electron chi connectivity index (χ4n) is 1.40. The van der Waals surface area contributed by atoms with E-state index in [1.165, 1.54) is 13.2 Å². The van der Waals surface area contributed by atoms with Gasteiger partial charge in [0.25, 0.3) is 0 Å². The van der Waals surface area contributed by atoms with Gasteiger partial charge in [-0.3, -0.25) is 4.79 Å². The van der Waals surface area contributed by atoms with Crippen molar-refractivity contribution in [2.45, 2.75) is 0 Å². The van der Waals surface area contributed by atoms with Crippen molar-refractivity contribution in [3.63, 3.8) is 0 Å². The number of pyridine rings is 1. The molecular weight excluding hydrogens is 182 g/mol. The average Bonchev–Trinajstić information content (AvgIpc) is 2.20. The maximum Gasteiger partial charge on any atom is 0.325 e. The normalized spacial score (nSPS) is 10.4. The number of aromatic nitrogens is 1. The van der Waals surface area contributed by atoms with Crippen molar-refractivity contribution in [2.24, 2.45) is 0 Å². The highest BCUT2D eigenvalue weighted by Crippen LogP contribution is 2.14. The first kappa shape index (κ1) is 8.62. The number of rotatable bonds is 1. The molecule has 0 spiro atoms. The van der Waals surface area contributed by atoms with Crippen molar-refractivity contribution in [1.82, 2.24) is 4.73 Å². The van der Waals surface area contributed by atoms with Gasteiger partial charge in [-0.25, -0.2) is 0 Å². The Bertz CT molecular complexity index is 530. The molecule has 1 aromatic carbocycles. The highest BCUT2D eigenvalue weighted by Gasteiger charge is 2.06. The van der Waals surface area contributed by atoms with Crippen LogP contribution in [0.5, 0.6) is 5.75 Å². The number of fused-ring (bicyclic) bond motifs is 1. The fourth-order valence-corrected chi connectivity index (χ4v) is 1.40. The molecule has 0 aliphatic carbocycles. The van der Waals surface area contributed by atoms with Gasteiger partial charge >= 0.3 is 5.56 Å². The molecule has 4 heteroatoms. The third-order valence-corrected chi connectivity index (χ3v) is 2.03. The lowest BCUT2D eigenvalue weighted by molar-refractivity contribution is 0.166. The van der Waals surface area contributed by atoms with Crippen LogP contribution in [0.25, 0.3) is 10.9 Å². The summed E-state index contributed by atoms with van der Waals surface area (Å²) in [7, 11) is 1.38. The van der Waals surface area contributed by atoms with E-state index in [2.05, 4.69) is 0 Å². The van der Waals surface area contributed by atoms with Crippen LogP contribution in [0.15, 0.2) is 35.1 Å². The molecule has 0 aliphatic rings. The topological polar surface area (TPSA) is 51.5 Å². The quantitative estimate of drug-likeness (QED) is 0.724. The van der Waals surface area contributed by atoms with Crippen LogP contribution in [0.1, 0.15) is 0 Å². The van der Waals surface area contributed by atoms with Crippen LogP contribution in [-0.4, -0.2) is 16.9 Å². The van der Waals surface area contributed by atoms with Gasteiger partial charge in [-0.2, -0.15) is 0 Å². The van der Waals surface area contributed by atoms with Gasteiger partial charge in [0.05, 0.1) is 5.52 Å². The number of hydrogen-bond donors (Lipinski definition) is 1. The van der Waals surface area contributed by atoms with Gasteiger partial charge in [-0.15, -0.1) is 4.73 Å². The second-order valence-electron chi connectivity index (χ2n) is 2.87. The van der Waals surface area contributed by atoms with Gasteiger partial charge < -0.3 is 9.94 Å². The Hall–Kier alpha value is -1.97. The SMILES string of the molecule is COn1c(=O)c(O)cc2ccccc21. The molecule has 2 rings (SSSR count). The number of hydrogen-bond acceptors (Lipinski definition) is 3.